The largest absolute Gasteiger partial charge is 0.377 e. The number of aliphatic imine (C=N–C) groups is 1. The minimum Gasteiger partial charge on any atom is -0.377 e. The van der Waals surface area contributed by atoms with Gasteiger partial charge in [0.05, 0.1) is 19.7 Å². The monoisotopic (exact) mass is 346 g/mol. The molecule has 5 nitrogen and oxygen atoms in total. The van der Waals surface area contributed by atoms with Crippen LogP contribution in [0.4, 0.5) is 0 Å². The molecule has 0 fully saturated rings. The van der Waals surface area contributed by atoms with Crippen LogP contribution in [0, 0.1) is 6.92 Å². The fourth-order valence-electron chi connectivity index (χ4n) is 2.21. The molecule has 0 unspecified atom stereocenters. The van der Waals surface area contributed by atoms with Crippen molar-refractivity contribution in [3.63, 3.8) is 0 Å². The fraction of sp³-hybridized carbons (Fsp3) is 0.444. The fourth-order valence-corrected chi connectivity index (χ4v) is 2.94. The van der Waals surface area contributed by atoms with Gasteiger partial charge in [-0.25, -0.2) is 9.98 Å². The van der Waals surface area contributed by atoms with Gasteiger partial charge in [0.1, 0.15) is 5.01 Å². The summed E-state index contributed by atoms with van der Waals surface area (Å²) in [7, 11) is 0. The summed E-state index contributed by atoms with van der Waals surface area (Å²) in [6.07, 6.45) is 1.90. The maximum Gasteiger partial charge on any atom is 0.191 e. The lowest BCUT2D eigenvalue weighted by molar-refractivity contribution is 0.133. The van der Waals surface area contributed by atoms with Crippen molar-refractivity contribution in [2.24, 2.45) is 4.99 Å². The van der Waals surface area contributed by atoms with Crippen molar-refractivity contribution in [1.29, 1.82) is 0 Å². The number of ether oxygens (including phenoxy) is 1. The zero-order valence-electron chi connectivity index (χ0n) is 14.6. The zero-order valence-corrected chi connectivity index (χ0v) is 15.4. The van der Waals surface area contributed by atoms with Gasteiger partial charge in [0.25, 0.3) is 0 Å². The summed E-state index contributed by atoms with van der Waals surface area (Å²) in [6, 6.07) is 8.28. The zero-order chi connectivity index (χ0) is 17.2. The molecule has 130 valence electrons. The highest BCUT2D eigenvalue weighted by molar-refractivity contribution is 7.11. The van der Waals surface area contributed by atoms with Crippen molar-refractivity contribution < 1.29 is 4.74 Å². The lowest BCUT2D eigenvalue weighted by atomic mass is 10.1. The third kappa shape index (κ3) is 5.94. The lowest BCUT2D eigenvalue weighted by Gasteiger charge is -2.11. The highest BCUT2D eigenvalue weighted by Crippen LogP contribution is 2.12. The number of nitrogens with zero attached hydrogens (tertiary/aromatic N) is 2. The molecule has 6 heteroatoms. The standard InChI is InChI=1S/C18H26N4OS/c1-4-19-18(22-12-17-20-10-14(3)24-17)21-11-15-8-6-7-9-16(15)13-23-5-2/h6-10H,4-5,11-13H2,1-3H3,(H2,19,21,22). The minimum atomic E-state index is 0.621. The van der Waals surface area contributed by atoms with Crippen LogP contribution >= 0.6 is 11.3 Å². The van der Waals surface area contributed by atoms with Crippen LogP contribution in [0.2, 0.25) is 0 Å². The number of aromatic nitrogens is 1. The molecule has 24 heavy (non-hydrogen) atoms. The Kier molecular flexibility index (Phi) is 7.71. The first kappa shape index (κ1) is 18.4. The first-order chi connectivity index (χ1) is 11.7. The minimum absolute atomic E-state index is 0.621. The van der Waals surface area contributed by atoms with Crippen molar-refractivity contribution in [3.05, 3.63) is 51.5 Å². The van der Waals surface area contributed by atoms with E-state index in [1.807, 2.05) is 25.3 Å². The number of guanidine groups is 1. The van der Waals surface area contributed by atoms with Gasteiger partial charge in [0.2, 0.25) is 0 Å². The molecule has 0 aliphatic heterocycles. The summed E-state index contributed by atoms with van der Waals surface area (Å²) in [5.74, 6) is 0.802. The molecule has 1 aromatic carbocycles. The second-order valence-electron chi connectivity index (χ2n) is 5.32. The van der Waals surface area contributed by atoms with E-state index in [0.717, 1.165) is 24.1 Å². The Morgan fingerprint density at radius 3 is 2.67 bits per heavy atom. The molecular formula is C18H26N4OS. The van der Waals surface area contributed by atoms with Gasteiger partial charge in [-0.05, 0) is 31.9 Å². The van der Waals surface area contributed by atoms with E-state index < -0.39 is 0 Å². The summed E-state index contributed by atoms with van der Waals surface area (Å²) in [4.78, 5) is 10.3. The van der Waals surface area contributed by atoms with Crippen LogP contribution < -0.4 is 10.6 Å². The van der Waals surface area contributed by atoms with Crippen LogP contribution in [0.25, 0.3) is 0 Å². The van der Waals surface area contributed by atoms with E-state index in [1.165, 1.54) is 16.0 Å². The van der Waals surface area contributed by atoms with Gasteiger partial charge in [-0.15, -0.1) is 11.3 Å². The first-order valence-corrected chi connectivity index (χ1v) is 9.12. The van der Waals surface area contributed by atoms with Crippen LogP contribution in [-0.4, -0.2) is 24.1 Å². The van der Waals surface area contributed by atoms with Crippen LogP contribution in [-0.2, 0) is 24.4 Å². The number of aryl methyl sites for hydroxylation is 1. The van der Waals surface area contributed by atoms with Crippen LogP contribution in [0.3, 0.4) is 0 Å². The quantitative estimate of drug-likeness (QED) is 0.569. The molecule has 2 aromatic rings. The highest BCUT2D eigenvalue weighted by Gasteiger charge is 2.04. The molecule has 1 aromatic heterocycles. The third-order valence-corrected chi connectivity index (χ3v) is 4.32. The number of rotatable bonds is 8. The first-order valence-electron chi connectivity index (χ1n) is 8.31. The van der Waals surface area contributed by atoms with Crippen molar-refractivity contribution in [1.82, 2.24) is 15.6 Å². The van der Waals surface area contributed by atoms with Gasteiger partial charge in [0, 0.05) is 24.2 Å². The number of thiazole rings is 1. The van der Waals surface area contributed by atoms with Crippen molar-refractivity contribution >= 4 is 17.3 Å². The molecule has 1 heterocycles. The molecule has 0 aliphatic carbocycles. The van der Waals surface area contributed by atoms with Gasteiger partial charge in [0.15, 0.2) is 5.96 Å². The van der Waals surface area contributed by atoms with E-state index in [1.54, 1.807) is 11.3 Å². The van der Waals surface area contributed by atoms with E-state index in [2.05, 4.69) is 41.6 Å². The van der Waals surface area contributed by atoms with Gasteiger partial charge in [-0.2, -0.15) is 0 Å². The summed E-state index contributed by atoms with van der Waals surface area (Å²) in [6.45, 7) is 9.61. The van der Waals surface area contributed by atoms with Crippen molar-refractivity contribution in [2.45, 2.75) is 40.5 Å². The average Bonchev–Trinajstić information content (AvgIpc) is 3.01. The Morgan fingerprint density at radius 1 is 1.21 bits per heavy atom. The van der Waals surface area contributed by atoms with E-state index in [9.17, 15) is 0 Å². The molecule has 0 radical (unpaired) electrons. The van der Waals surface area contributed by atoms with Crippen molar-refractivity contribution in [2.75, 3.05) is 13.2 Å². The van der Waals surface area contributed by atoms with E-state index in [-0.39, 0.29) is 0 Å². The molecule has 0 saturated heterocycles. The Hall–Kier alpha value is -1.92. The maximum atomic E-state index is 5.54. The highest BCUT2D eigenvalue weighted by atomic mass is 32.1. The molecule has 0 saturated carbocycles. The molecule has 0 atom stereocenters. The summed E-state index contributed by atoms with van der Waals surface area (Å²) < 4.78 is 5.54. The molecule has 0 aliphatic rings. The van der Waals surface area contributed by atoms with Crippen LogP contribution in [0.15, 0.2) is 35.5 Å². The molecular weight excluding hydrogens is 320 g/mol. The molecule has 0 spiro atoms. The molecule has 2 N–H and O–H groups in total. The normalized spacial score (nSPS) is 11.5. The number of hydrogen-bond acceptors (Lipinski definition) is 4. The predicted molar refractivity (Wildman–Crippen MR) is 100 cm³/mol. The summed E-state index contributed by atoms with van der Waals surface area (Å²) in [5.41, 5.74) is 2.38. The third-order valence-electron chi connectivity index (χ3n) is 3.41. The van der Waals surface area contributed by atoms with Gasteiger partial charge in [-0.1, -0.05) is 24.3 Å². The van der Waals surface area contributed by atoms with Gasteiger partial charge < -0.3 is 15.4 Å². The second-order valence-corrected chi connectivity index (χ2v) is 6.64. The molecule has 0 amide bonds. The SMILES string of the molecule is CCNC(=NCc1ccccc1COCC)NCc1ncc(C)s1. The van der Waals surface area contributed by atoms with Crippen LogP contribution in [0.5, 0.6) is 0 Å². The summed E-state index contributed by atoms with van der Waals surface area (Å²) >= 11 is 1.70. The van der Waals surface area contributed by atoms with E-state index >= 15 is 0 Å². The van der Waals surface area contributed by atoms with Gasteiger partial charge >= 0.3 is 0 Å². The lowest BCUT2D eigenvalue weighted by Crippen LogP contribution is -2.36. The number of hydrogen-bond donors (Lipinski definition) is 2. The Balaban J connectivity index is 1.99. The average molecular weight is 347 g/mol. The second kappa shape index (κ2) is 10.1. The molecule has 2 rings (SSSR count). The Labute approximate surface area is 148 Å². The van der Waals surface area contributed by atoms with E-state index in [0.29, 0.717) is 19.7 Å². The smallest absolute Gasteiger partial charge is 0.191 e. The Morgan fingerprint density at radius 2 is 2.00 bits per heavy atom. The summed E-state index contributed by atoms with van der Waals surface area (Å²) in [5, 5.41) is 7.68. The van der Waals surface area contributed by atoms with Crippen molar-refractivity contribution in [3.8, 4) is 0 Å². The number of benzene rings is 1. The predicted octanol–water partition coefficient (Wildman–Crippen LogP) is 3.24. The Bertz CT molecular complexity index is 654. The topological polar surface area (TPSA) is 58.5 Å². The number of nitrogens with one attached hydrogen (secondary N) is 2. The van der Waals surface area contributed by atoms with E-state index in [4.69, 9.17) is 9.73 Å². The van der Waals surface area contributed by atoms with Gasteiger partial charge in [-0.3, -0.25) is 0 Å². The van der Waals surface area contributed by atoms with Crippen LogP contribution in [0.1, 0.15) is 34.9 Å². The molecule has 0 bridgehead atoms. The maximum absolute atomic E-state index is 5.54.